The predicted octanol–water partition coefficient (Wildman–Crippen LogP) is 1.58. The van der Waals surface area contributed by atoms with Crippen LogP contribution in [0.15, 0.2) is 12.2 Å². The van der Waals surface area contributed by atoms with Crippen LogP contribution in [-0.4, -0.2) is 13.1 Å². The fraction of sp³-hybridized carbons (Fsp3) is 0.500. The van der Waals surface area contributed by atoms with Gasteiger partial charge in [-0.05, 0) is 6.92 Å². The first-order chi connectivity index (χ1) is 4.41. The first-order valence-corrected chi connectivity index (χ1v) is 3.34. The van der Waals surface area contributed by atoms with Gasteiger partial charge in [0.05, 0.1) is 6.42 Å². The van der Waals surface area contributed by atoms with E-state index in [1.165, 1.54) is 0 Å². The number of nitrogens with one attached hydrogen (secondary N) is 1. The summed E-state index contributed by atoms with van der Waals surface area (Å²) in [6.45, 7) is 7.66. The van der Waals surface area contributed by atoms with Crippen LogP contribution in [0.25, 0.3) is 0 Å². The Bertz CT molecular complexity index is 67.0. The molecule has 0 saturated heterocycles. The van der Waals surface area contributed by atoms with Gasteiger partial charge in [0.2, 0.25) is 0 Å². The van der Waals surface area contributed by atoms with Crippen molar-refractivity contribution in [2.75, 3.05) is 13.1 Å². The van der Waals surface area contributed by atoms with Crippen molar-refractivity contribution >= 4 is 0 Å². The van der Waals surface area contributed by atoms with E-state index in [-0.39, 0.29) is 0 Å². The molecule has 0 aliphatic rings. The van der Waals surface area contributed by atoms with E-state index in [0.29, 0.717) is 0 Å². The van der Waals surface area contributed by atoms with Crippen LogP contribution in [0.4, 0.5) is 0 Å². The second-order valence-corrected chi connectivity index (χ2v) is 1.85. The number of unbranched alkanes of at least 4 members (excludes halogenated alkanes) is 1. The minimum absolute atomic E-state index is 0.977. The molecule has 1 nitrogen and oxygen atoms in total. The fourth-order valence-electron chi connectivity index (χ4n) is 0.507. The van der Waals surface area contributed by atoms with Crippen molar-refractivity contribution in [3.8, 4) is 0 Å². The average Bonchev–Trinajstić information content (AvgIpc) is 1.89. The van der Waals surface area contributed by atoms with Crippen LogP contribution in [0.2, 0.25) is 0 Å². The summed E-state index contributed by atoms with van der Waals surface area (Å²) < 4.78 is 0. The highest BCUT2D eigenvalue weighted by Crippen LogP contribution is 1.79. The summed E-state index contributed by atoms with van der Waals surface area (Å²) in [7, 11) is 0. The highest BCUT2D eigenvalue weighted by Gasteiger charge is 1.82. The van der Waals surface area contributed by atoms with E-state index < -0.39 is 0 Å². The molecule has 0 aliphatic heterocycles. The van der Waals surface area contributed by atoms with E-state index >= 15 is 0 Å². The molecule has 0 atom stereocenters. The highest BCUT2D eigenvalue weighted by atomic mass is 14.8. The molecule has 0 unspecified atom stereocenters. The van der Waals surface area contributed by atoms with Crippen molar-refractivity contribution in [2.24, 2.45) is 0 Å². The van der Waals surface area contributed by atoms with Crippen LogP contribution >= 0.6 is 0 Å². The smallest absolute Gasteiger partial charge is 0.0694 e. The first kappa shape index (κ1) is 8.57. The maximum Gasteiger partial charge on any atom is 0.0694 e. The Labute approximate surface area is 58.2 Å². The number of hydrogen-bond donors (Lipinski definition) is 1. The highest BCUT2D eigenvalue weighted by molar-refractivity contribution is 4.79. The van der Waals surface area contributed by atoms with Gasteiger partial charge in [0.15, 0.2) is 0 Å². The molecule has 0 bridgehead atoms. The maximum absolute atomic E-state index is 3.62. The Kier molecular flexibility index (Phi) is 7.21. The molecular weight excluding hydrogens is 110 g/mol. The fourth-order valence-corrected chi connectivity index (χ4v) is 0.507. The Hall–Kier alpha value is -0.430. The van der Waals surface area contributed by atoms with Crippen LogP contribution < -0.4 is 5.32 Å². The van der Waals surface area contributed by atoms with Crippen molar-refractivity contribution in [1.82, 2.24) is 5.32 Å². The van der Waals surface area contributed by atoms with E-state index in [2.05, 4.69) is 18.3 Å². The number of hydrogen-bond acceptors (Lipinski definition) is 1. The Morgan fingerprint density at radius 1 is 1.67 bits per heavy atom. The monoisotopic (exact) mass is 125 g/mol. The van der Waals surface area contributed by atoms with E-state index in [1.54, 1.807) is 0 Å². The standard InChI is InChI=1S/C8H15N/c1-3-5-7-9-8-6-4-2/h3-4,6,9H,1,5,7-8H2,2H3/b6-4-. The molecule has 0 aromatic carbocycles. The van der Waals surface area contributed by atoms with Crippen LogP contribution in [0.1, 0.15) is 13.3 Å². The lowest BCUT2D eigenvalue weighted by Crippen LogP contribution is -2.14. The van der Waals surface area contributed by atoms with Gasteiger partial charge in [-0.25, -0.2) is 0 Å². The van der Waals surface area contributed by atoms with Gasteiger partial charge in [-0.15, -0.1) is 6.92 Å². The van der Waals surface area contributed by atoms with Crippen molar-refractivity contribution < 1.29 is 0 Å². The van der Waals surface area contributed by atoms with Gasteiger partial charge in [-0.2, -0.15) is 0 Å². The average molecular weight is 125 g/mol. The van der Waals surface area contributed by atoms with Crippen molar-refractivity contribution in [1.29, 1.82) is 0 Å². The summed E-state index contributed by atoms with van der Waals surface area (Å²) in [5.74, 6) is 0. The molecule has 0 spiro atoms. The quantitative estimate of drug-likeness (QED) is 0.334. The van der Waals surface area contributed by atoms with Gasteiger partial charge < -0.3 is 5.32 Å². The number of rotatable bonds is 5. The van der Waals surface area contributed by atoms with Gasteiger partial charge >= 0.3 is 0 Å². The normalized spacial score (nSPS) is 10.4. The van der Waals surface area contributed by atoms with Gasteiger partial charge in [0, 0.05) is 13.1 Å². The maximum atomic E-state index is 3.62. The van der Waals surface area contributed by atoms with Gasteiger partial charge in [0.1, 0.15) is 0 Å². The molecule has 0 amide bonds. The molecule has 0 heterocycles. The third-order valence-corrected chi connectivity index (χ3v) is 1.02. The molecule has 0 aliphatic carbocycles. The van der Waals surface area contributed by atoms with E-state index in [4.69, 9.17) is 0 Å². The number of allylic oxidation sites excluding steroid dienone is 1. The lowest BCUT2D eigenvalue weighted by atomic mass is 10.3. The summed E-state index contributed by atoms with van der Waals surface area (Å²) in [5.41, 5.74) is 0. The molecule has 0 aromatic rings. The van der Waals surface area contributed by atoms with Gasteiger partial charge in [-0.1, -0.05) is 18.6 Å². The molecule has 0 fully saturated rings. The third-order valence-electron chi connectivity index (χ3n) is 1.02. The zero-order chi connectivity index (χ0) is 6.95. The minimum Gasteiger partial charge on any atom is -0.309 e. The van der Waals surface area contributed by atoms with E-state index in [1.807, 2.05) is 19.4 Å². The molecule has 0 radical (unpaired) electrons. The van der Waals surface area contributed by atoms with E-state index in [0.717, 1.165) is 19.5 Å². The zero-order valence-corrected chi connectivity index (χ0v) is 6.06. The summed E-state index contributed by atoms with van der Waals surface area (Å²) in [5, 5.41) is 3.23. The molecular formula is C8H15N. The summed E-state index contributed by atoms with van der Waals surface area (Å²) in [4.78, 5) is 0. The van der Waals surface area contributed by atoms with Crippen molar-refractivity contribution in [2.45, 2.75) is 13.3 Å². The Balaban J connectivity index is 2.75. The molecule has 1 heteroatoms. The Morgan fingerprint density at radius 3 is 3.00 bits per heavy atom. The van der Waals surface area contributed by atoms with Crippen molar-refractivity contribution in [3.63, 3.8) is 0 Å². The minimum atomic E-state index is 0.977. The molecule has 9 heavy (non-hydrogen) atoms. The molecule has 0 rings (SSSR count). The summed E-state index contributed by atoms with van der Waals surface area (Å²) in [6.07, 6.45) is 7.12. The van der Waals surface area contributed by atoms with Gasteiger partial charge in [-0.3, -0.25) is 0 Å². The van der Waals surface area contributed by atoms with Gasteiger partial charge in [0.25, 0.3) is 0 Å². The van der Waals surface area contributed by atoms with Crippen LogP contribution in [-0.2, 0) is 0 Å². The summed E-state index contributed by atoms with van der Waals surface area (Å²) >= 11 is 0. The lowest BCUT2D eigenvalue weighted by Gasteiger charge is -1.94. The van der Waals surface area contributed by atoms with Crippen LogP contribution in [0.3, 0.4) is 0 Å². The predicted molar refractivity (Wildman–Crippen MR) is 42.0 cm³/mol. The third kappa shape index (κ3) is 7.57. The lowest BCUT2D eigenvalue weighted by molar-refractivity contribution is 0.743. The van der Waals surface area contributed by atoms with E-state index in [9.17, 15) is 0 Å². The molecule has 0 aromatic heterocycles. The van der Waals surface area contributed by atoms with Crippen molar-refractivity contribution in [3.05, 3.63) is 25.5 Å². The largest absolute Gasteiger partial charge is 0.309 e. The molecule has 1 N–H and O–H groups in total. The topological polar surface area (TPSA) is 12.0 Å². The second kappa shape index (κ2) is 7.57. The van der Waals surface area contributed by atoms with Crippen LogP contribution in [0, 0.1) is 13.3 Å². The Morgan fingerprint density at radius 2 is 2.44 bits per heavy atom. The molecule has 52 valence electrons. The second-order valence-electron chi connectivity index (χ2n) is 1.85. The van der Waals surface area contributed by atoms with Crippen LogP contribution in [0.5, 0.6) is 0 Å². The first-order valence-electron chi connectivity index (χ1n) is 3.34. The zero-order valence-electron chi connectivity index (χ0n) is 6.06. The molecule has 0 saturated carbocycles. The SMILES string of the molecule is [CH2-][CH+]CCNC/C=C\C. The summed E-state index contributed by atoms with van der Waals surface area (Å²) in [6, 6.07) is 0.